The first-order valence-corrected chi connectivity index (χ1v) is 4.42. The first-order chi connectivity index (χ1) is 6.61. The molecule has 1 rings (SSSR count). The largest absolute Gasteiger partial charge is 0.465 e. The molecule has 2 N–H and O–H groups in total. The zero-order valence-corrected chi connectivity index (χ0v) is 8.65. The molecule has 14 heavy (non-hydrogen) atoms. The first kappa shape index (κ1) is 10.7. The van der Waals surface area contributed by atoms with Gasteiger partial charge in [0.25, 0.3) is 0 Å². The van der Waals surface area contributed by atoms with Gasteiger partial charge in [-0.25, -0.2) is 4.79 Å². The number of ether oxygens (including phenoxy) is 1. The van der Waals surface area contributed by atoms with Crippen molar-refractivity contribution in [3.63, 3.8) is 0 Å². The summed E-state index contributed by atoms with van der Waals surface area (Å²) in [5.41, 5.74) is 6.86. The van der Waals surface area contributed by atoms with Crippen LogP contribution >= 0.6 is 0 Å². The number of carbonyl (C=O) groups excluding carboxylic acids is 1. The first-order valence-electron chi connectivity index (χ1n) is 4.42. The molecule has 0 saturated carbocycles. The van der Waals surface area contributed by atoms with Gasteiger partial charge < -0.3 is 10.5 Å². The molecule has 78 valence electrons. The lowest BCUT2D eigenvalue weighted by Gasteiger charge is -2.10. The summed E-state index contributed by atoms with van der Waals surface area (Å²) < 4.78 is 6.31. The number of rotatable bonds is 3. The maximum Gasteiger partial charge on any atom is 0.341 e. The number of hydrogen-bond acceptors (Lipinski definition) is 4. The second kappa shape index (κ2) is 4.23. The Morgan fingerprint density at radius 3 is 2.93 bits per heavy atom. The fourth-order valence-corrected chi connectivity index (χ4v) is 1.41. The van der Waals surface area contributed by atoms with Gasteiger partial charge in [0.1, 0.15) is 5.56 Å². The van der Waals surface area contributed by atoms with E-state index >= 15 is 0 Å². The van der Waals surface area contributed by atoms with Gasteiger partial charge in [0, 0.05) is 19.5 Å². The minimum absolute atomic E-state index is 0.0941. The standard InChI is InChI=1S/C9H15N3O2/c1-6(4-10)8-7(9(13)14-3)5-11-12(8)2/h5-6H,4,10H2,1-3H3. The quantitative estimate of drug-likeness (QED) is 0.706. The van der Waals surface area contributed by atoms with Crippen LogP contribution in [0.3, 0.4) is 0 Å². The molecule has 0 fully saturated rings. The topological polar surface area (TPSA) is 70.1 Å². The van der Waals surface area contributed by atoms with E-state index in [4.69, 9.17) is 5.73 Å². The fourth-order valence-electron chi connectivity index (χ4n) is 1.41. The number of nitrogens with two attached hydrogens (primary N) is 1. The summed E-state index contributed by atoms with van der Waals surface area (Å²) in [6, 6.07) is 0. The van der Waals surface area contributed by atoms with E-state index in [0.29, 0.717) is 12.1 Å². The maximum atomic E-state index is 11.4. The summed E-state index contributed by atoms with van der Waals surface area (Å²) in [6.07, 6.45) is 1.51. The molecule has 0 aromatic carbocycles. The van der Waals surface area contributed by atoms with Crippen LogP contribution in [0, 0.1) is 0 Å². The molecule has 0 aliphatic carbocycles. The van der Waals surface area contributed by atoms with Crippen LogP contribution in [0.2, 0.25) is 0 Å². The van der Waals surface area contributed by atoms with Crippen molar-refractivity contribution in [3.05, 3.63) is 17.5 Å². The van der Waals surface area contributed by atoms with Crippen molar-refractivity contribution in [2.24, 2.45) is 12.8 Å². The molecule has 0 aliphatic rings. The van der Waals surface area contributed by atoms with Crippen molar-refractivity contribution in [3.8, 4) is 0 Å². The Balaban J connectivity index is 3.12. The van der Waals surface area contributed by atoms with Crippen LogP contribution in [0.5, 0.6) is 0 Å². The van der Waals surface area contributed by atoms with Gasteiger partial charge in [-0.15, -0.1) is 0 Å². The van der Waals surface area contributed by atoms with Gasteiger partial charge in [-0.3, -0.25) is 4.68 Å². The summed E-state index contributed by atoms with van der Waals surface area (Å²) >= 11 is 0. The van der Waals surface area contributed by atoms with Gasteiger partial charge >= 0.3 is 5.97 Å². The second-order valence-electron chi connectivity index (χ2n) is 3.20. The zero-order valence-electron chi connectivity index (χ0n) is 8.65. The molecule has 0 bridgehead atoms. The molecule has 5 nitrogen and oxygen atoms in total. The number of aromatic nitrogens is 2. The Morgan fingerprint density at radius 2 is 2.43 bits per heavy atom. The smallest absolute Gasteiger partial charge is 0.341 e. The van der Waals surface area contributed by atoms with Crippen molar-refractivity contribution in [1.29, 1.82) is 0 Å². The molecule has 1 atom stereocenters. The van der Waals surface area contributed by atoms with E-state index in [1.807, 2.05) is 6.92 Å². The van der Waals surface area contributed by atoms with E-state index < -0.39 is 0 Å². The highest BCUT2D eigenvalue weighted by Gasteiger charge is 2.20. The number of carbonyl (C=O) groups is 1. The molecule has 0 spiro atoms. The van der Waals surface area contributed by atoms with Crippen molar-refractivity contribution in [2.45, 2.75) is 12.8 Å². The van der Waals surface area contributed by atoms with Gasteiger partial charge in [0.15, 0.2) is 0 Å². The Labute approximate surface area is 82.8 Å². The predicted octanol–water partition coefficient (Wildman–Crippen LogP) is 0.269. The van der Waals surface area contributed by atoms with E-state index in [-0.39, 0.29) is 11.9 Å². The summed E-state index contributed by atoms with van der Waals surface area (Å²) in [5, 5.41) is 4.01. The van der Waals surface area contributed by atoms with Crippen LogP contribution in [0.4, 0.5) is 0 Å². The Kier molecular flexibility index (Phi) is 3.24. The highest BCUT2D eigenvalue weighted by atomic mass is 16.5. The van der Waals surface area contributed by atoms with Crippen molar-refractivity contribution >= 4 is 5.97 Å². The van der Waals surface area contributed by atoms with Crippen LogP contribution < -0.4 is 5.73 Å². The minimum Gasteiger partial charge on any atom is -0.465 e. The predicted molar refractivity (Wildman–Crippen MR) is 52.0 cm³/mol. The van der Waals surface area contributed by atoms with Crippen molar-refractivity contribution in [2.75, 3.05) is 13.7 Å². The molecule has 1 aromatic heterocycles. The Bertz CT molecular complexity index is 333. The zero-order chi connectivity index (χ0) is 10.7. The fraction of sp³-hybridized carbons (Fsp3) is 0.556. The van der Waals surface area contributed by atoms with Crippen LogP contribution in [0.25, 0.3) is 0 Å². The second-order valence-corrected chi connectivity index (χ2v) is 3.20. The molecule has 0 saturated heterocycles. The third kappa shape index (κ3) is 1.77. The highest BCUT2D eigenvalue weighted by Crippen LogP contribution is 2.18. The van der Waals surface area contributed by atoms with Gasteiger partial charge in [0.05, 0.1) is 19.0 Å². The highest BCUT2D eigenvalue weighted by molar-refractivity contribution is 5.90. The molecule has 0 aliphatic heterocycles. The van der Waals surface area contributed by atoms with E-state index in [2.05, 4.69) is 9.84 Å². The average molecular weight is 197 g/mol. The summed E-state index contributed by atoms with van der Waals surface area (Å²) in [6.45, 7) is 2.42. The molecule has 1 unspecified atom stereocenters. The van der Waals surface area contributed by atoms with Crippen LogP contribution in [-0.4, -0.2) is 29.4 Å². The van der Waals surface area contributed by atoms with E-state index in [1.54, 1.807) is 11.7 Å². The average Bonchev–Trinajstić information content (AvgIpc) is 2.58. The van der Waals surface area contributed by atoms with Gasteiger partial charge in [0.2, 0.25) is 0 Å². The number of aryl methyl sites for hydroxylation is 1. The molecule has 5 heteroatoms. The van der Waals surface area contributed by atoms with E-state index in [1.165, 1.54) is 13.3 Å². The number of nitrogens with zero attached hydrogens (tertiary/aromatic N) is 2. The SMILES string of the molecule is COC(=O)c1cnn(C)c1C(C)CN. The van der Waals surface area contributed by atoms with Crippen molar-refractivity contribution < 1.29 is 9.53 Å². The minimum atomic E-state index is -0.367. The lowest BCUT2D eigenvalue weighted by molar-refractivity contribution is 0.0599. The van der Waals surface area contributed by atoms with Crippen molar-refractivity contribution in [1.82, 2.24) is 9.78 Å². The Morgan fingerprint density at radius 1 is 1.79 bits per heavy atom. The molecular weight excluding hydrogens is 182 g/mol. The number of methoxy groups -OCH3 is 1. The maximum absolute atomic E-state index is 11.4. The van der Waals surface area contributed by atoms with Gasteiger partial charge in [-0.2, -0.15) is 5.10 Å². The summed E-state index contributed by atoms with van der Waals surface area (Å²) in [7, 11) is 3.14. The summed E-state index contributed by atoms with van der Waals surface area (Å²) in [4.78, 5) is 11.4. The van der Waals surface area contributed by atoms with Crippen LogP contribution in [0.15, 0.2) is 6.20 Å². The molecule has 0 radical (unpaired) electrons. The third-order valence-electron chi connectivity index (χ3n) is 2.21. The van der Waals surface area contributed by atoms with Crippen LogP contribution in [-0.2, 0) is 11.8 Å². The molecule has 0 amide bonds. The molecular formula is C9H15N3O2. The molecule has 1 heterocycles. The monoisotopic (exact) mass is 197 g/mol. The number of hydrogen-bond donors (Lipinski definition) is 1. The third-order valence-corrected chi connectivity index (χ3v) is 2.21. The molecule has 1 aromatic rings. The van der Waals surface area contributed by atoms with Gasteiger partial charge in [-0.1, -0.05) is 6.92 Å². The summed E-state index contributed by atoms with van der Waals surface area (Å²) in [5.74, 6) is -0.273. The lowest BCUT2D eigenvalue weighted by atomic mass is 10.0. The normalized spacial score (nSPS) is 12.6. The van der Waals surface area contributed by atoms with E-state index in [9.17, 15) is 4.79 Å². The van der Waals surface area contributed by atoms with Crippen LogP contribution in [0.1, 0.15) is 28.9 Å². The van der Waals surface area contributed by atoms with E-state index in [0.717, 1.165) is 5.69 Å². The number of esters is 1. The lowest BCUT2D eigenvalue weighted by Crippen LogP contribution is -2.16. The van der Waals surface area contributed by atoms with Gasteiger partial charge in [-0.05, 0) is 0 Å². The Hall–Kier alpha value is -1.36.